The smallest absolute Gasteiger partial charge is 0.462 e. The number of epoxide rings is 1. The van der Waals surface area contributed by atoms with E-state index in [-0.39, 0.29) is 31.7 Å². The van der Waals surface area contributed by atoms with E-state index in [9.17, 15) is 14.2 Å². The molecular weight excluding hydrogens is 703 g/mol. The Kier molecular flexibility index (Phi) is 32.1. The topological polar surface area (TPSA) is 132 Å². The first-order valence-corrected chi connectivity index (χ1v) is 23.3. The lowest BCUT2D eigenvalue weighted by molar-refractivity contribution is -0.161. The first kappa shape index (κ1) is 50.2. The highest BCUT2D eigenvalue weighted by Gasteiger charge is 2.36. The fourth-order valence-electron chi connectivity index (χ4n) is 6.38. The van der Waals surface area contributed by atoms with Gasteiger partial charge in [0.1, 0.15) is 6.61 Å². The van der Waals surface area contributed by atoms with Crippen LogP contribution in [0.15, 0.2) is 36.5 Å². The molecule has 3 unspecified atom stereocenters. The Morgan fingerprint density at radius 2 is 1.22 bits per heavy atom. The second-order valence-corrected chi connectivity index (χ2v) is 16.5. The second kappa shape index (κ2) is 34.5. The number of phosphoric ester groups is 1. The number of hydrogen-bond donors (Lipinski definition) is 2. The normalized spacial score (nSPS) is 17.1. The summed E-state index contributed by atoms with van der Waals surface area (Å²) in [4.78, 5) is 43.0. The lowest BCUT2D eigenvalue weighted by Gasteiger charge is -2.18. The number of ether oxygens (including phenoxy) is 3. The molecule has 0 bridgehead atoms. The van der Waals surface area contributed by atoms with Gasteiger partial charge in [0.2, 0.25) is 0 Å². The molecule has 1 fully saturated rings. The van der Waals surface area contributed by atoms with Gasteiger partial charge < -0.3 is 24.0 Å². The third kappa shape index (κ3) is 33.6. The van der Waals surface area contributed by atoms with E-state index in [0.29, 0.717) is 12.8 Å². The van der Waals surface area contributed by atoms with Crippen LogP contribution in [0.3, 0.4) is 0 Å². The van der Waals surface area contributed by atoms with Crippen molar-refractivity contribution in [2.75, 3.05) is 13.2 Å². The van der Waals surface area contributed by atoms with Gasteiger partial charge in [0.15, 0.2) is 6.10 Å². The van der Waals surface area contributed by atoms with Crippen molar-refractivity contribution >= 4 is 19.8 Å². The van der Waals surface area contributed by atoms with E-state index in [2.05, 4.69) is 61.8 Å². The van der Waals surface area contributed by atoms with Crippen LogP contribution in [-0.4, -0.2) is 53.3 Å². The van der Waals surface area contributed by atoms with Crippen LogP contribution in [0.1, 0.15) is 194 Å². The van der Waals surface area contributed by atoms with E-state index in [4.69, 9.17) is 24.0 Å². The Labute approximate surface area is 329 Å². The van der Waals surface area contributed by atoms with Crippen molar-refractivity contribution in [1.29, 1.82) is 0 Å². The van der Waals surface area contributed by atoms with Gasteiger partial charge in [-0.05, 0) is 57.3 Å². The summed E-state index contributed by atoms with van der Waals surface area (Å²) in [7, 11) is -4.78. The van der Waals surface area contributed by atoms with Crippen LogP contribution < -0.4 is 0 Å². The van der Waals surface area contributed by atoms with Crippen molar-refractivity contribution in [2.24, 2.45) is 5.92 Å². The van der Waals surface area contributed by atoms with Gasteiger partial charge in [-0.1, -0.05) is 166 Å². The summed E-state index contributed by atoms with van der Waals surface area (Å²) in [6.07, 6.45) is 41.7. The van der Waals surface area contributed by atoms with Crippen molar-refractivity contribution in [3.63, 3.8) is 0 Å². The summed E-state index contributed by atoms with van der Waals surface area (Å²) in [6, 6.07) is 0. The van der Waals surface area contributed by atoms with Gasteiger partial charge in [0.05, 0.1) is 18.8 Å². The van der Waals surface area contributed by atoms with E-state index in [0.717, 1.165) is 50.9 Å². The van der Waals surface area contributed by atoms with Crippen LogP contribution in [0.5, 0.6) is 0 Å². The number of phosphoric acid groups is 1. The molecule has 1 saturated heterocycles. The lowest BCUT2D eigenvalue weighted by atomic mass is 9.99. The van der Waals surface area contributed by atoms with E-state index in [1.807, 2.05) is 0 Å². The standard InChI is InChI=1S/C44H79O9P/c1-4-6-7-8-9-10-11-17-20-23-26-29-33-41-42(53-41)34-31-36-44(46)52-40(38-51-54(47,48)49)37-50-43(45)35-30-27-24-21-18-15-13-12-14-16-19-22-25-28-32-39(3)5-2/h9-10,17,20,26,29,39-42H,4-8,11-16,18-19,21-25,27-28,30-38H2,1-3H3,(H2,47,48,49)/b10-9-,20-17-,29-26-/t39?,40-,41?,42?/m1/s1. The highest BCUT2D eigenvalue weighted by atomic mass is 31.2. The molecule has 0 saturated carbocycles. The minimum atomic E-state index is -4.78. The predicted molar refractivity (Wildman–Crippen MR) is 220 cm³/mol. The molecule has 54 heavy (non-hydrogen) atoms. The van der Waals surface area contributed by atoms with Crippen molar-refractivity contribution in [3.05, 3.63) is 36.5 Å². The molecule has 2 N–H and O–H groups in total. The summed E-state index contributed by atoms with van der Waals surface area (Å²) in [5, 5.41) is 0. The molecule has 0 radical (unpaired) electrons. The quantitative estimate of drug-likeness (QED) is 0.0206. The Hall–Kier alpha value is -1.77. The average Bonchev–Trinajstić information content (AvgIpc) is 3.90. The molecule has 0 aromatic heterocycles. The molecule has 314 valence electrons. The maximum atomic E-state index is 12.5. The Morgan fingerprint density at radius 1 is 0.667 bits per heavy atom. The second-order valence-electron chi connectivity index (χ2n) is 15.3. The fraction of sp³-hybridized carbons (Fsp3) is 0.818. The minimum Gasteiger partial charge on any atom is -0.462 e. The number of esters is 2. The number of carbonyl (C=O) groups excluding carboxylic acids is 2. The molecule has 10 heteroatoms. The molecule has 0 amide bonds. The molecular formula is C44H79O9P. The molecule has 1 rings (SSSR count). The van der Waals surface area contributed by atoms with E-state index in [1.165, 1.54) is 103 Å². The summed E-state index contributed by atoms with van der Waals surface area (Å²) < 4.78 is 32.2. The van der Waals surface area contributed by atoms with Crippen LogP contribution in [0.25, 0.3) is 0 Å². The Morgan fingerprint density at radius 3 is 1.81 bits per heavy atom. The molecule has 0 aromatic rings. The minimum absolute atomic E-state index is 0.115. The third-order valence-corrected chi connectivity index (χ3v) is 10.6. The largest absolute Gasteiger partial charge is 0.469 e. The Bertz CT molecular complexity index is 1050. The van der Waals surface area contributed by atoms with Gasteiger partial charge in [-0.15, -0.1) is 0 Å². The first-order chi connectivity index (χ1) is 26.1. The molecule has 4 atom stereocenters. The first-order valence-electron chi connectivity index (χ1n) is 21.8. The van der Waals surface area contributed by atoms with E-state index in [1.54, 1.807) is 0 Å². The van der Waals surface area contributed by atoms with Crippen LogP contribution in [-0.2, 0) is 32.9 Å². The zero-order chi connectivity index (χ0) is 39.5. The van der Waals surface area contributed by atoms with Crippen LogP contribution >= 0.6 is 7.82 Å². The molecule has 0 spiro atoms. The lowest BCUT2D eigenvalue weighted by Crippen LogP contribution is -2.29. The fourth-order valence-corrected chi connectivity index (χ4v) is 6.74. The molecule has 1 heterocycles. The van der Waals surface area contributed by atoms with Gasteiger partial charge in [0.25, 0.3) is 0 Å². The van der Waals surface area contributed by atoms with Gasteiger partial charge >= 0.3 is 19.8 Å². The summed E-state index contributed by atoms with van der Waals surface area (Å²) in [5.41, 5.74) is 0. The van der Waals surface area contributed by atoms with E-state index < -0.39 is 32.5 Å². The number of unbranched alkanes of at least 4 members (excludes halogenated alkanes) is 16. The maximum Gasteiger partial charge on any atom is 0.469 e. The highest BCUT2D eigenvalue weighted by molar-refractivity contribution is 7.46. The van der Waals surface area contributed by atoms with Crippen LogP contribution in [0.2, 0.25) is 0 Å². The number of carbonyl (C=O) groups is 2. The molecule has 9 nitrogen and oxygen atoms in total. The third-order valence-electron chi connectivity index (χ3n) is 10.1. The molecule has 1 aliphatic rings. The highest BCUT2D eigenvalue weighted by Crippen LogP contribution is 2.36. The van der Waals surface area contributed by atoms with Crippen LogP contribution in [0, 0.1) is 5.92 Å². The van der Waals surface area contributed by atoms with E-state index >= 15 is 0 Å². The zero-order valence-electron chi connectivity index (χ0n) is 34.5. The molecule has 0 aliphatic carbocycles. The van der Waals surface area contributed by atoms with Crippen molar-refractivity contribution in [2.45, 2.75) is 212 Å². The van der Waals surface area contributed by atoms with Gasteiger partial charge in [-0.3, -0.25) is 14.1 Å². The molecule has 1 aliphatic heterocycles. The van der Waals surface area contributed by atoms with Gasteiger partial charge in [-0.25, -0.2) is 4.57 Å². The van der Waals surface area contributed by atoms with Crippen molar-refractivity contribution in [3.8, 4) is 0 Å². The number of allylic oxidation sites excluding steroid dienone is 5. The Balaban J connectivity index is 2.10. The zero-order valence-corrected chi connectivity index (χ0v) is 35.4. The monoisotopic (exact) mass is 783 g/mol. The van der Waals surface area contributed by atoms with Gasteiger partial charge in [0, 0.05) is 12.8 Å². The predicted octanol–water partition coefficient (Wildman–Crippen LogP) is 12.2. The number of hydrogen-bond acceptors (Lipinski definition) is 7. The number of rotatable bonds is 38. The van der Waals surface area contributed by atoms with Crippen LogP contribution in [0.4, 0.5) is 0 Å². The van der Waals surface area contributed by atoms with Crippen molar-refractivity contribution in [1.82, 2.24) is 0 Å². The summed E-state index contributed by atoms with van der Waals surface area (Å²) >= 11 is 0. The molecule has 0 aromatic carbocycles. The SMILES string of the molecule is CCCCC/C=C\C/C=C\C/C=C\CC1OC1CCCC(=O)O[C@H](COC(=O)CCCCCCCCCCCCCCCCC(C)CC)COP(=O)(O)O. The average molecular weight is 783 g/mol. The summed E-state index contributed by atoms with van der Waals surface area (Å²) in [5.74, 6) is -0.0767. The van der Waals surface area contributed by atoms with Gasteiger partial charge in [-0.2, -0.15) is 0 Å². The maximum absolute atomic E-state index is 12.5. The summed E-state index contributed by atoms with van der Waals surface area (Å²) in [6.45, 7) is 5.98. The van der Waals surface area contributed by atoms with Crippen molar-refractivity contribution < 1.29 is 42.7 Å².